The maximum atomic E-state index is 12.8. The number of ether oxygens (including phenoxy) is 1. The molecule has 184 valence electrons. The number of carbonyl (C=O) groups excluding carboxylic acids is 1. The fraction of sp³-hybridized carbons (Fsp3) is 0.367. The molecule has 0 spiro atoms. The van der Waals surface area contributed by atoms with Gasteiger partial charge in [-0.15, -0.1) is 0 Å². The van der Waals surface area contributed by atoms with Gasteiger partial charge in [-0.25, -0.2) is 0 Å². The minimum absolute atomic E-state index is 0.0261. The summed E-state index contributed by atoms with van der Waals surface area (Å²) in [5.74, 6) is 1.46. The summed E-state index contributed by atoms with van der Waals surface area (Å²) in [6.45, 7) is 5.53. The van der Waals surface area contributed by atoms with Crippen LogP contribution in [0.3, 0.4) is 0 Å². The van der Waals surface area contributed by atoms with Crippen LogP contribution in [-0.4, -0.2) is 49.5 Å². The molecule has 0 saturated carbocycles. The molecule has 3 aromatic carbocycles. The molecular weight excluding hydrogens is 434 g/mol. The summed E-state index contributed by atoms with van der Waals surface area (Å²) < 4.78 is 5.25. The van der Waals surface area contributed by atoms with E-state index >= 15 is 0 Å². The molecule has 0 atom stereocenters. The van der Waals surface area contributed by atoms with Crippen molar-refractivity contribution >= 4 is 5.91 Å². The van der Waals surface area contributed by atoms with Crippen LogP contribution >= 0.6 is 0 Å². The minimum Gasteiger partial charge on any atom is -0.497 e. The molecule has 3 aromatic rings. The highest BCUT2D eigenvalue weighted by atomic mass is 16.5. The maximum Gasteiger partial charge on any atom is 0.251 e. The van der Waals surface area contributed by atoms with E-state index in [2.05, 4.69) is 64.6 Å². The average Bonchev–Trinajstić information content (AvgIpc) is 2.89. The molecule has 1 N–H and O–H groups in total. The first-order valence-corrected chi connectivity index (χ1v) is 12.5. The van der Waals surface area contributed by atoms with Crippen LogP contribution < -0.4 is 10.1 Å². The molecule has 1 fully saturated rings. The first kappa shape index (κ1) is 25.0. The standard InChI is InChI=1S/C30H37N3O2/c1-32(21-25-7-4-3-5-8-25)22-27-9-6-10-28(19-27)30(34)31-20-24-15-17-33(18-16-24)23-26-11-13-29(35-2)14-12-26/h3-14,19,24H,15-18,20-23H2,1-2H3,(H,31,34). The van der Waals surface area contributed by atoms with Crippen LogP contribution in [0, 0.1) is 5.92 Å². The number of hydrogen-bond donors (Lipinski definition) is 1. The quantitative estimate of drug-likeness (QED) is 0.454. The molecule has 1 saturated heterocycles. The van der Waals surface area contributed by atoms with Gasteiger partial charge in [-0.3, -0.25) is 14.6 Å². The van der Waals surface area contributed by atoms with Crippen molar-refractivity contribution in [2.24, 2.45) is 5.92 Å². The molecule has 0 radical (unpaired) electrons. The summed E-state index contributed by atoms with van der Waals surface area (Å²) in [6, 6.07) is 26.8. The molecule has 1 aliphatic rings. The largest absolute Gasteiger partial charge is 0.497 e. The van der Waals surface area contributed by atoms with Crippen LogP contribution in [-0.2, 0) is 19.6 Å². The van der Waals surface area contributed by atoms with Crippen molar-refractivity contribution in [3.63, 3.8) is 0 Å². The third kappa shape index (κ3) is 7.67. The van der Waals surface area contributed by atoms with E-state index in [1.54, 1.807) is 7.11 Å². The molecule has 1 amide bonds. The molecule has 1 aliphatic heterocycles. The molecule has 1 heterocycles. The lowest BCUT2D eigenvalue weighted by molar-refractivity contribution is 0.0935. The smallest absolute Gasteiger partial charge is 0.251 e. The van der Waals surface area contributed by atoms with Crippen LogP contribution in [0.5, 0.6) is 5.75 Å². The number of nitrogens with one attached hydrogen (secondary N) is 1. The number of amides is 1. The van der Waals surface area contributed by atoms with Gasteiger partial charge in [0.05, 0.1) is 7.11 Å². The minimum atomic E-state index is 0.0261. The Balaban J connectivity index is 1.20. The van der Waals surface area contributed by atoms with Gasteiger partial charge in [0.25, 0.3) is 5.91 Å². The van der Waals surface area contributed by atoms with Crippen molar-refractivity contribution in [3.05, 3.63) is 101 Å². The molecule has 0 aliphatic carbocycles. The van der Waals surface area contributed by atoms with Crippen LogP contribution in [0.4, 0.5) is 0 Å². The monoisotopic (exact) mass is 471 g/mol. The van der Waals surface area contributed by atoms with E-state index in [1.807, 2.05) is 36.4 Å². The summed E-state index contributed by atoms with van der Waals surface area (Å²) in [7, 11) is 3.81. The number of benzene rings is 3. The van der Waals surface area contributed by atoms with Crippen LogP contribution in [0.2, 0.25) is 0 Å². The molecule has 0 bridgehead atoms. The van der Waals surface area contributed by atoms with Gasteiger partial charge in [0.2, 0.25) is 0 Å². The third-order valence-electron chi connectivity index (χ3n) is 6.76. The number of methoxy groups -OCH3 is 1. The summed E-state index contributed by atoms with van der Waals surface area (Å²) in [5.41, 5.74) is 4.50. The average molecular weight is 472 g/mol. The number of likely N-dealkylation sites (tertiary alicyclic amines) is 1. The molecule has 4 rings (SSSR count). The second-order valence-electron chi connectivity index (χ2n) is 9.64. The van der Waals surface area contributed by atoms with Gasteiger partial charge in [0, 0.05) is 31.7 Å². The van der Waals surface area contributed by atoms with Gasteiger partial charge >= 0.3 is 0 Å². The number of hydrogen-bond acceptors (Lipinski definition) is 4. The van der Waals surface area contributed by atoms with Crippen LogP contribution in [0.1, 0.15) is 39.9 Å². The number of carbonyl (C=O) groups is 1. The molecule has 5 heteroatoms. The summed E-state index contributed by atoms with van der Waals surface area (Å²) in [4.78, 5) is 17.6. The van der Waals surface area contributed by atoms with Crippen molar-refractivity contribution in [2.75, 3.05) is 33.8 Å². The normalized spacial score (nSPS) is 14.7. The van der Waals surface area contributed by atoms with E-state index in [1.165, 1.54) is 11.1 Å². The molecular formula is C30H37N3O2. The van der Waals surface area contributed by atoms with Gasteiger partial charge in [0.1, 0.15) is 5.75 Å². The lowest BCUT2D eigenvalue weighted by Crippen LogP contribution is -2.38. The van der Waals surface area contributed by atoms with E-state index < -0.39 is 0 Å². The number of nitrogens with zero attached hydrogens (tertiary/aromatic N) is 2. The van der Waals surface area contributed by atoms with Gasteiger partial charge in [-0.1, -0.05) is 54.6 Å². The van der Waals surface area contributed by atoms with E-state index in [0.717, 1.165) is 69.0 Å². The summed E-state index contributed by atoms with van der Waals surface area (Å²) in [5, 5.41) is 3.18. The Kier molecular flexibility index (Phi) is 8.93. The Morgan fingerprint density at radius 3 is 2.31 bits per heavy atom. The SMILES string of the molecule is COc1ccc(CN2CCC(CNC(=O)c3cccc(CN(C)Cc4ccccc4)c3)CC2)cc1. The Bertz CT molecular complexity index is 1060. The fourth-order valence-corrected chi connectivity index (χ4v) is 4.75. The lowest BCUT2D eigenvalue weighted by atomic mass is 9.96. The first-order valence-electron chi connectivity index (χ1n) is 12.5. The van der Waals surface area contributed by atoms with E-state index in [-0.39, 0.29) is 5.91 Å². The summed E-state index contributed by atoms with van der Waals surface area (Å²) >= 11 is 0. The van der Waals surface area contributed by atoms with Crippen molar-refractivity contribution in [1.29, 1.82) is 0 Å². The van der Waals surface area contributed by atoms with Gasteiger partial charge in [-0.05, 0) is 79.9 Å². The molecule has 35 heavy (non-hydrogen) atoms. The Morgan fingerprint density at radius 1 is 0.914 bits per heavy atom. The zero-order chi connectivity index (χ0) is 24.5. The molecule has 0 aromatic heterocycles. The topological polar surface area (TPSA) is 44.8 Å². The van der Waals surface area contributed by atoms with Crippen molar-refractivity contribution in [3.8, 4) is 5.75 Å². The second-order valence-corrected chi connectivity index (χ2v) is 9.64. The number of piperidine rings is 1. The second kappa shape index (κ2) is 12.5. The highest BCUT2D eigenvalue weighted by molar-refractivity contribution is 5.94. The zero-order valence-corrected chi connectivity index (χ0v) is 21.0. The van der Waals surface area contributed by atoms with Crippen LogP contribution in [0.15, 0.2) is 78.9 Å². The maximum absolute atomic E-state index is 12.8. The fourth-order valence-electron chi connectivity index (χ4n) is 4.75. The van der Waals surface area contributed by atoms with E-state index in [9.17, 15) is 4.79 Å². The van der Waals surface area contributed by atoms with Gasteiger partial charge < -0.3 is 10.1 Å². The molecule has 5 nitrogen and oxygen atoms in total. The van der Waals surface area contributed by atoms with E-state index in [4.69, 9.17) is 4.74 Å². The zero-order valence-electron chi connectivity index (χ0n) is 21.0. The Morgan fingerprint density at radius 2 is 1.60 bits per heavy atom. The summed E-state index contributed by atoms with van der Waals surface area (Å²) in [6.07, 6.45) is 2.22. The van der Waals surface area contributed by atoms with Crippen molar-refractivity contribution in [1.82, 2.24) is 15.1 Å². The lowest BCUT2D eigenvalue weighted by Gasteiger charge is -2.32. The third-order valence-corrected chi connectivity index (χ3v) is 6.76. The highest BCUT2D eigenvalue weighted by Crippen LogP contribution is 2.20. The predicted molar refractivity (Wildman–Crippen MR) is 141 cm³/mol. The van der Waals surface area contributed by atoms with Gasteiger partial charge in [-0.2, -0.15) is 0 Å². The van der Waals surface area contributed by atoms with Crippen molar-refractivity contribution < 1.29 is 9.53 Å². The van der Waals surface area contributed by atoms with Crippen molar-refractivity contribution in [2.45, 2.75) is 32.5 Å². The Hall–Kier alpha value is -3.15. The van der Waals surface area contributed by atoms with Crippen LogP contribution in [0.25, 0.3) is 0 Å². The van der Waals surface area contributed by atoms with Gasteiger partial charge in [0.15, 0.2) is 0 Å². The van der Waals surface area contributed by atoms with E-state index in [0.29, 0.717) is 5.92 Å². The number of rotatable bonds is 10. The Labute approximate surface area is 209 Å². The highest BCUT2D eigenvalue weighted by Gasteiger charge is 2.20. The molecule has 0 unspecified atom stereocenters. The first-order chi connectivity index (χ1) is 17.1. The predicted octanol–water partition coefficient (Wildman–Crippen LogP) is 4.97.